The average molecular weight is 499 g/mol. The van der Waals surface area contributed by atoms with Crippen molar-refractivity contribution in [2.24, 2.45) is 4.99 Å². The Balaban J connectivity index is 0.00000280. The number of guanidine groups is 1. The number of aliphatic imine (C=N–C) groups is 1. The quantitative estimate of drug-likeness (QED) is 0.327. The van der Waals surface area contributed by atoms with Crippen LogP contribution in [0.1, 0.15) is 45.1 Å². The fraction of sp³-hybridized carbons (Fsp3) is 0.682. The van der Waals surface area contributed by atoms with Gasteiger partial charge in [-0.2, -0.15) is 0 Å². The van der Waals surface area contributed by atoms with Gasteiger partial charge >= 0.3 is 0 Å². The first-order chi connectivity index (χ1) is 13.2. The van der Waals surface area contributed by atoms with Crippen molar-refractivity contribution in [2.75, 3.05) is 33.2 Å². The maximum Gasteiger partial charge on any atom is 0.191 e. The van der Waals surface area contributed by atoms with Gasteiger partial charge in [-0.15, -0.1) is 24.0 Å². The third kappa shape index (κ3) is 7.52. The summed E-state index contributed by atoms with van der Waals surface area (Å²) in [6.07, 6.45) is 5.05. The molecule has 5 nitrogen and oxygen atoms in total. The van der Waals surface area contributed by atoms with Crippen molar-refractivity contribution < 1.29 is 0 Å². The van der Waals surface area contributed by atoms with Gasteiger partial charge in [0.05, 0.1) is 6.54 Å². The minimum Gasteiger partial charge on any atom is -0.357 e. The molecular weight excluding hydrogens is 461 g/mol. The number of nitrogens with zero attached hydrogens (tertiary/aromatic N) is 3. The number of rotatable bonds is 8. The Labute approximate surface area is 188 Å². The van der Waals surface area contributed by atoms with Crippen LogP contribution in [0.5, 0.6) is 0 Å². The Morgan fingerprint density at radius 1 is 1.18 bits per heavy atom. The largest absolute Gasteiger partial charge is 0.357 e. The molecule has 3 rings (SSSR count). The van der Waals surface area contributed by atoms with Crippen molar-refractivity contribution in [2.45, 2.75) is 64.2 Å². The molecule has 28 heavy (non-hydrogen) atoms. The summed E-state index contributed by atoms with van der Waals surface area (Å²) in [6, 6.07) is 12.6. The standard InChI is InChI=1S/C22H37N5.HI/c1-4-23-22(24-16-18(2)26(3)21-10-11-21)25-20-12-14-27(15-13-20)17-19-8-6-5-7-9-19;/h5-9,18,20-21H,4,10-17H2,1-3H3,(H2,23,24,25);1H. The topological polar surface area (TPSA) is 42.9 Å². The van der Waals surface area contributed by atoms with Crippen LogP contribution in [0.2, 0.25) is 0 Å². The summed E-state index contributed by atoms with van der Waals surface area (Å²) in [5.41, 5.74) is 1.41. The molecule has 1 heterocycles. The number of halogens is 1. The molecular formula is C22H38IN5. The molecule has 1 atom stereocenters. The Morgan fingerprint density at radius 2 is 1.86 bits per heavy atom. The van der Waals surface area contributed by atoms with E-state index in [9.17, 15) is 0 Å². The summed E-state index contributed by atoms with van der Waals surface area (Å²) in [6.45, 7) is 9.54. The molecule has 1 aromatic rings. The molecule has 1 unspecified atom stereocenters. The first-order valence-electron chi connectivity index (χ1n) is 10.7. The van der Waals surface area contributed by atoms with Gasteiger partial charge in [-0.05, 0) is 52.1 Å². The van der Waals surface area contributed by atoms with Gasteiger partial charge in [-0.3, -0.25) is 14.8 Å². The molecule has 0 bridgehead atoms. The predicted octanol–water partition coefficient (Wildman–Crippen LogP) is 3.31. The SMILES string of the molecule is CCNC(=NCC(C)N(C)C1CC1)NC1CCN(Cc2ccccc2)CC1.I. The highest BCUT2D eigenvalue weighted by molar-refractivity contribution is 14.0. The van der Waals surface area contributed by atoms with Gasteiger partial charge in [0.25, 0.3) is 0 Å². The van der Waals surface area contributed by atoms with Gasteiger partial charge in [0.15, 0.2) is 5.96 Å². The number of likely N-dealkylation sites (N-methyl/N-ethyl adjacent to an activating group) is 1. The minimum absolute atomic E-state index is 0. The average Bonchev–Trinajstić information content (AvgIpc) is 3.53. The van der Waals surface area contributed by atoms with E-state index in [4.69, 9.17) is 4.99 Å². The Hall–Kier alpha value is -0.860. The molecule has 158 valence electrons. The minimum atomic E-state index is 0. The Kier molecular flexibility index (Phi) is 10.0. The molecule has 1 aliphatic heterocycles. The van der Waals surface area contributed by atoms with Crippen LogP contribution in [0.15, 0.2) is 35.3 Å². The van der Waals surface area contributed by atoms with Crippen LogP contribution in [0.25, 0.3) is 0 Å². The maximum absolute atomic E-state index is 4.86. The molecule has 1 aliphatic carbocycles. The molecule has 1 aromatic carbocycles. The van der Waals surface area contributed by atoms with Crippen molar-refractivity contribution in [1.29, 1.82) is 0 Å². The number of nitrogens with one attached hydrogen (secondary N) is 2. The van der Waals surface area contributed by atoms with Gasteiger partial charge in [-0.25, -0.2) is 0 Å². The predicted molar refractivity (Wildman–Crippen MR) is 130 cm³/mol. The molecule has 6 heteroatoms. The monoisotopic (exact) mass is 499 g/mol. The third-order valence-corrected chi connectivity index (χ3v) is 5.85. The van der Waals surface area contributed by atoms with Crippen LogP contribution in [0.4, 0.5) is 0 Å². The van der Waals surface area contributed by atoms with Crippen LogP contribution in [0.3, 0.4) is 0 Å². The smallest absolute Gasteiger partial charge is 0.191 e. The summed E-state index contributed by atoms with van der Waals surface area (Å²) >= 11 is 0. The lowest BCUT2D eigenvalue weighted by atomic mass is 10.0. The number of hydrogen-bond donors (Lipinski definition) is 2. The summed E-state index contributed by atoms with van der Waals surface area (Å²) in [5, 5.41) is 7.10. The highest BCUT2D eigenvalue weighted by atomic mass is 127. The van der Waals surface area contributed by atoms with Crippen LogP contribution in [-0.4, -0.2) is 67.1 Å². The molecule has 0 aromatic heterocycles. The van der Waals surface area contributed by atoms with E-state index in [0.29, 0.717) is 12.1 Å². The normalized spacial score (nSPS) is 19.9. The first kappa shape index (κ1) is 23.4. The molecule has 2 N–H and O–H groups in total. The molecule has 1 saturated carbocycles. The van der Waals surface area contributed by atoms with E-state index in [-0.39, 0.29) is 24.0 Å². The van der Waals surface area contributed by atoms with Gasteiger partial charge in [0.2, 0.25) is 0 Å². The highest BCUT2D eigenvalue weighted by Crippen LogP contribution is 2.26. The molecule has 2 aliphatic rings. The van der Waals surface area contributed by atoms with Gasteiger partial charge in [0.1, 0.15) is 0 Å². The van der Waals surface area contributed by atoms with Crippen LogP contribution < -0.4 is 10.6 Å². The number of likely N-dealkylation sites (tertiary alicyclic amines) is 1. The Bertz CT molecular complexity index is 582. The second kappa shape index (κ2) is 12.0. The van der Waals surface area contributed by atoms with Crippen molar-refractivity contribution in [1.82, 2.24) is 20.4 Å². The summed E-state index contributed by atoms with van der Waals surface area (Å²) < 4.78 is 0. The zero-order valence-corrected chi connectivity index (χ0v) is 20.1. The zero-order chi connectivity index (χ0) is 19.1. The second-order valence-electron chi connectivity index (χ2n) is 8.15. The number of piperidine rings is 1. The number of hydrogen-bond acceptors (Lipinski definition) is 3. The van der Waals surface area contributed by atoms with Crippen LogP contribution in [0, 0.1) is 0 Å². The van der Waals surface area contributed by atoms with Crippen molar-refractivity contribution >= 4 is 29.9 Å². The lowest BCUT2D eigenvalue weighted by Crippen LogP contribution is -2.49. The van der Waals surface area contributed by atoms with Crippen molar-refractivity contribution in [3.63, 3.8) is 0 Å². The second-order valence-corrected chi connectivity index (χ2v) is 8.15. The highest BCUT2D eigenvalue weighted by Gasteiger charge is 2.29. The molecule has 1 saturated heterocycles. The van der Waals surface area contributed by atoms with E-state index in [0.717, 1.165) is 44.7 Å². The van der Waals surface area contributed by atoms with E-state index in [1.54, 1.807) is 0 Å². The molecule has 0 amide bonds. The number of benzene rings is 1. The lowest BCUT2D eigenvalue weighted by Gasteiger charge is -2.33. The molecule has 0 spiro atoms. The molecule has 0 radical (unpaired) electrons. The van der Waals surface area contributed by atoms with E-state index in [1.165, 1.54) is 31.2 Å². The lowest BCUT2D eigenvalue weighted by molar-refractivity contribution is 0.198. The van der Waals surface area contributed by atoms with Crippen molar-refractivity contribution in [3.8, 4) is 0 Å². The fourth-order valence-electron chi connectivity index (χ4n) is 3.78. The zero-order valence-electron chi connectivity index (χ0n) is 17.7. The van der Waals surface area contributed by atoms with Gasteiger partial charge in [0, 0.05) is 44.3 Å². The van der Waals surface area contributed by atoms with Gasteiger partial charge < -0.3 is 10.6 Å². The van der Waals surface area contributed by atoms with Crippen LogP contribution >= 0.6 is 24.0 Å². The fourth-order valence-corrected chi connectivity index (χ4v) is 3.78. The van der Waals surface area contributed by atoms with Crippen LogP contribution in [-0.2, 0) is 6.54 Å². The molecule has 2 fully saturated rings. The summed E-state index contributed by atoms with van der Waals surface area (Å²) in [4.78, 5) is 9.91. The summed E-state index contributed by atoms with van der Waals surface area (Å²) in [5.74, 6) is 0.982. The van der Waals surface area contributed by atoms with Gasteiger partial charge in [-0.1, -0.05) is 30.3 Å². The third-order valence-electron chi connectivity index (χ3n) is 5.85. The van der Waals surface area contributed by atoms with E-state index in [2.05, 4.69) is 71.7 Å². The first-order valence-corrected chi connectivity index (χ1v) is 10.7. The van der Waals surface area contributed by atoms with Crippen molar-refractivity contribution in [3.05, 3.63) is 35.9 Å². The Morgan fingerprint density at radius 3 is 2.46 bits per heavy atom. The maximum atomic E-state index is 4.86. The van der Waals surface area contributed by atoms with E-state index in [1.807, 2.05) is 0 Å². The van der Waals surface area contributed by atoms with E-state index < -0.39 is 0 Å². The summed E-state index contributed by atoms with van der Waals surface area (Å²) in [7, 11) is 2.24. The van der Waals surface area contributed by atoms with E-state index >= 15 is 0 Å².